The molecule has 146 valence electrons. The predicted octanol–water partition coefficient (Wildman–Crippen LogP) is 3.96. The monoisotopic (exact) mass is 398 g/mol. The SMILES string of the molecule is COC(=O)C[C@H](O)[C@@H](C)[C@@H](OCc1ccccc1)C(C)C1SCCCS1. The number of hydrogen-bond donors (Lipinski definition) is 1. The second kappa shape index (κ2) is 11.2. The molecule has 0 amide bonds. The Bertz CT molecular complexity index is 534. The fourth-order valence-electron chi connectivity index (χ4n) is 3.17. The summed E-state index contributed by atoms with van der Waals surface area (Å²) in [5, 5.41) is 10.5. The summed E-state index contributed by atoms with van der Waals surface area (Å²) in [5.41, 5.74) is 1.11. The molecule has 4 atom stereocenters. The largest absolute Gasteiger partial charge is 0.469 e. The summed E-state index contributed by atoms with van der Waals surface area (Å²) in [4.78, 5) is 11.6. The molecule has 6 heteroatoms. The molecule has 0 spiro atoms. The summed E-state index contributed by atoms with van der Waals surface area (Å²) in [6.07, 6.45) is 0.344. The van der Waals surface area contributed by atoms with Gasteiger partial charge < -0.3 is 14.6 Å². The highest BCUT2D eigenvalue weighted by atomic mass is 32.2. The third kappa shape index (κ3) is 6.48. The minimum atomic E-state index is -0.774. The molecule has 4 nitrogen and oxygen atoms in total. The van der Waals surface area contributed by atoms with Crippen molar-refractivity contribution < 1.29 is 19.4 Å². The molecule has 26 heavy (non-hydrogen) atoms. The molecule has 2 rings (SSSR count). The first-order valence-corrected chi connectivity index (χ1v) is 11.3. The van der Waals surface area contributed by atoms with Crippen LogP contribution < -0.4 is 0 Å². The molecule has 1 fully saturated rings. The lowest BCUT2D eigenvalue weighted by atomic mass is 9.88. The van der Waals surface area contributed by atoms with Crippen LogP contribution in [-0.4, -0.2) is 46.5 Å². The van der Waals surface area contributed by atoms with E-state index in [1.807, 2.05) is 60.8 Å². The van der Waals surface area contributed by atoms with Crippen LogP contribution in [0.15, 0.2) is 30.3 Å². The van der Waals surface area contributed by atoms with Gasteiger partial charge in [-0.1, -0.05) is 44.2 Å². The van der Waals surface area contributed by atoms with Crippen LogP contribution in [0.25, 0.3) is 0 Å². The second-order valence-corrected chi connectivity index (χ2v) is 9.59. The van der Waals surface area contributed by atoms with E-state index in [0.29, 0.717) is 11.2 Å². The lowest BCUT2D eigenvalue weighted by molar-refractivity contribution is -0.145. The van der Waals surface area contributed by atoms with Gasteiger partial charge in [0.25, 0.3) is 0 Å². The van der Waals surface area contributed by atoms with Crippen molar-refractivity contribution in [2.45, 2.75) is 50.1 Å². The van der Waals surface area contributed by atoms with Gasteiger partial charge in [0.05, 0.1) is 36.9 Å². The Morgan fingerprint density at radius 2 is 1.88 bits per heavy atom. The van der Waals surface area contributed by atoms with Crippen LogP contribution in [-0.2, 0) is 20.9 Å². The van der Waals surface area contributed by atoms with Crippen molar-refractivity contribution in [2.75, 3.05) is 18.6 Å². The van der Waals surface area contributed by atoms with Crippen molar-refractivity contribution in [3.8, 4) is 0 Å². The number of benzene rings is 1. The summed E-state index contributed by atoms with van der Waals surface area (Å²) < 4.78 is 11.5. The van der Waals surface area contributed by atoms with Gasteiger partial charge >= 0.3 is 5.97 Å². The first-order valence-electron chi connectivity index (χ1n) is 9.16. The maximum absolute atomic E-state index is 11.6. The van der Waals surface area contributed by atoms with E-state index < -0.39 is 6.10 Å². The molecule has 1 aromatic carbocycles. The Morgan fingerprint density at radius 3 is 2.50 bits per heavy atom. The molecular formula is C20H30O4S2. The van der Waals surface area contributed by atoms with Crippen LogP contribution in [0.4, 0.5) is 0 Å². The number of rotatable bonds is 9. The lowest BCUT2D eigenvalue weighted by Crippen LogP contribution is -2.40. The third-order valence-electron chi connectivity index (χ3n) is 4.81. The van der Waals surface area contributed by atoms with Crippen LogP contribution in [0.3, 0.4) is 0 Å². The van der Waals surface area contributed by atoms with E-state index in [4.69, 9.17) is 9.47 Å². The number of esters is 1. The zero-order valence-corrected chi connectivity index (χ0v) is 17.4. The quantitative estimate of drug-likeness (QED) is 0.636. The van der Waals surface area contributed by atoms with Gasteiger partial charge in [0.2, 0.25) is 0 Å². The topological polar surface area (TPSA) is 55.8 Å². The molecule has 1 saturated heterocycles. The number of carbonyl (C=O) groups is 1. The first kappa shape index (κ1) is 21.6. The number of carbonyl (C=O) groups excluding carboxylic acids is 1. The minimum absolute atomic E-state index is 0.000532. The van der Waals surface area contributed by atoms with E-state index in [-0.39, 0.29) is 30.3 Å². The normalized spacial score (nSPS) is 20.2. The average Bonchev–Trinajstić information content (AvgIpc) is 2.69. The third-order valence-corrected chi connectivity index (χ3v) is 8.20. The highest BCUT2D eigenvalue weighted by molar-refractivity contribution is 8.17. The van der Waals surface area contributed by atoms with Crippen molar-refractivity contribution in [1.29, 1.82) is 0 Å². The molecule has 0 saturated carbocycles. The van der Waals surface area contributed by atoms with Crippen molar-refractivity contribution in [1.82, 2.24) is 0 Å². The Labute approximate surface area is 165 Å². The van der Waals surface area contributed by atoms with E-state index in [1.165, 1.54) is 25.0 Å². The predicted molar refractivity (Wildman–Crippen MR) is 109 cm³/mol. The standard InChI is InChI=1S/C20H30O4S2/c1-14(17(21)12-18(22)23-3)19(15(2)20-25-10-7-11-26-20)24-13-16-8-5-4-6-9-16/h4-6,8-9,14-15,17,19-21H,7,10-13H2,1-3H3/t14-,15?,17+,19-/m1/s1. The summed E-state index contributed by atoms with van der Waals surface area (Å²) in [6, 6.07) is 10.1. The molecule has 1 heterocycles. The van der Waals surface area contributed by atoms with Gasteiger partial charge in [-0.15, -0.1) is 23.5 Å². The van der Waals surface area contributed by atoms with Crippen LogP contribution in [0.2, 0.25) is 0 Å². The van der Waals surface area contributed by atoms with E-state index >= 15 is 0 Å². The summed E-state index contributed by atoms with van der Waals surface area (Å²) in [5.74, 6) is 2.08. The summed E-state index contributed by atoms with van der Waals surface area (Å²) in [7, 11) is 1.35. The van der Waals surface area contributed by atoms with E-state index in [1.54, 1.807) is 0 Å². The van der Waals surface area contributed by atoms with Crippen LogP contribution >= 0.6 is 23.5 Å². The molecule has 0 aromatic heterocycles. The molecule has 1 aromatic rings. The highest BCUT2D eigenvalue weighted by Crippen LogP contribution is 2.40. The van der Waals surface area contributed by atoms with Crippen LogP contribution in [0.1, 0.15) is 32.3 Å². The summed E-state index contributed by atoms with van der Waals surface area (Å²) in [6.45, 7) is 4.68. The van der Waals surface area contributed by atoms with Gasteiger partial charge in [-0.3, -0.25) is 4.79 Å². The Morgan fingerprint density at radius 1 is 1.23 bits per heavy atom. The number of methoxy groups -OCH3 is 1. The number of hydrogen-bond acceptors (Lipinski definition) is 6. The number of thioether (sulfide) groups is 2. The zero-order valence-electron chi connectivity index (χ0n) is 15.8. The van der Waals surface area contributed by atoms with Crippen LogP contribution in [0, 0.1) is 11.8 Å². The number of ether oxygens (including phenoxy) is 2. The fraction of sp³-hybridized carbons (Fsp3) is 0.650. The second-order valence-electron chi connectivity index (χ2n) is 6.79. The van der Waals surface area contributed by atoms with E-state index in [0.717, 1.165) is 5.56 Å². The van der Waals surface area contributed by atoms with E-state index in [2.05, 4.69) is 6.92 Å². The Kier molecular flexibility index (Phi) is 9.33. The molecule has 0 aliphatic carbocycles. The van der Waals surface area contributed by atoms with Gasteiger partial charge in [0.15, 0.2) is 0 Å². The number of aliphatic hydroxyl groups excluding tert-OH is 1. The van der Waals surface area contributed by atoms with E-state index in [9.17, 15) is 9.90 Å². The Hall–Kier alpha value is -0.690. The maximum Gasteiger partial charge on any atom is 0.308 e. The molecule has 0 bridgehead atoms. The molecule has 0 radical (unpaired) electrons. The molecule has 1 aliphatic heterocycles. The molecule has 1 unspecified atom stereocenters. The average molecular weight is 399 g/mol. The molecule has 1 aliphatic rings. The van der Waals surface area contributed by atoms with Gasteiger partial charge in [0, 0.05) is 11.8 Å². The first-order chi connectivity index (χ1) is 12.5. The van der Waals surface area contributed by atoms with Crippen LogP contribution in [0.5, 0.6) is 0 Å². The van der Waals surface area contributed by atoms with Gasteiger partial charge in [0.1, 0.15) is 0 Å². The fourth-order valence-corrected chi connectivity index (χ4v) is 6.32. The molecule has 1 N–H and O–H groups in total. The lowest BCUT2D eigenvalue weighted by Gasteiger charge is -2.37. The van der Waals surface area contributed by atoms with Gasteiger partial charge in [-0.05, 0) is 23.5 Å². The Balaban J connectivity index is 2.06. The highest BCUT2D eigenvalue weighted by Gasteiger charge is 2.36. The van der Waals surface area contributed by atoms with Crippen molar-refractivity contribution in [3.63, 3.8) is 0 Å². The smallest absolute Gasteiger partial charge is 0.308 e. The minimum Gasteiger partial charge on any atom is -0.469 e. The summed E-state index contributed by atoms with van der Waals surface area (Å²) >= 11 is 3.96. The maximum atomic E-state index is 11.6. The number of aliphatic hydroxyl groups is 1. The van der Waals surface area contributed by atoms with Crippen molar-refractivity contribution in [3.05, 3.63) is 35.9 Å². The molecular weight excluding hydrogens is 368 g/mol. The zero-order chi connectivity index (χ0) is 18.9. The van der Waals surface area contributed by atoms with Gasteiger partial charge in [-0.25, -0.2) is 0 Å². The van der Waals surface area contributed by atoms with Crippen molar-refractivity contribution >= 4 is 29.5 Å². The van der Waals surface area contributed by atoms with Gasteiger partial charge in [-0.2, -0.15) is 0 Å². The van der Waals surface area contributed by atoms with Crippen molar-refractivity contribution in [2.24, 2.45) is 11.8 Å².